The zero-order chi connectivity index (χ0) is 5.98. The molecule has 0 saturated carbocycles. The van der Waals surface area contributed by atoms with Crippen LogP contribution in [0.5, 0.6) is 5.75 Å². The van der Waals surface area contributed by atoms with E-state index in [1.807, 2.05) is 0 Å². The first-order valence-corrected chi connectivity index (χ1v) is 2.23. The Balaban J connectivity index is 0.000000640. The van der Waals surface area contributed by atoms with Crippen LogP contribution in [0.4, 0.5) is 4.39 Å². The minimum absolute atomic E-state index is 0. The predicted molar refractivity (Wildman–Crippen MR) is 35.2 cm³/mol. The molecule has 0 bridgehead atoms. The molecule has 0 fully saturated rings. The van der Waals surface area contributed by atoms with Crippen LogP contribution in [-0.2, 0) is 0 Å². The molecule has 1 aromatic carbocycles. The third-order valence-corrected chi connectivity index (χ3v) is 0.808. The Labute approximate surface area is 74.8 Å². The summed E-state index contributed by atoms with van der Waals surface area (Å²) in [4.78, 5) is 0. The van der Waals surface area contributed by atoms with Crippen LogP contribution in [0.3, 0.4) is 0 Å². The molecule has 3 heteroatoms. The van der Waals surface area contributed by atoms with Crippen LogP contribution in [-0.4, -0.2) is 34.7 Å². The average Bonchev–Trinajstić information content (AvgIpc) is 1.64. The molecule has 1 rings (SSSR count). The van der Waals surface area contributed by atoms with E-state index in [0.717, 1.165) is 6.07 Å². The second-order valence-corrected chi connectivity index (χ2v) is 1.48. The topological polar surface area (TPSA) is 20.2 Å². The van der Waals surface area contributed by atoms with Gasteiger partial charge in [-0.1, -0.05) is 6.07 Å². The summed E-state index contributed by atoms with van der Waals surface area (Å²) >= 11 is 0. The van der Waals surface area contributed by atoms with E-state index in [-0.39, 0.29) is 35.3 Å². The van der Waals surface area contributed by atoms with Crippen LogP contribution < -0.4 is 0 Å². The quantitative estimate of drug-likeness (QED) is 0.525. The maximum atomic E-state index is 12.0. The van der Waals surface area contributed by atoms with Gasteiger partial charge in [-0.3, -0.25) is 0 Å². The normalized spacial score (nSPS) is 8.11. The molecule has 0 amide bonds. The zero-order valence-electron chi connectivity index (χ0n) is 4.13. The van der Waals surface area contributed by atoms with Gasteiger partial charge in [0.1, 0.15) is 11.6 Å². The number of benzene rings is 1. The van der Waals surface area contributed by atoms with Gasteiger partial charge in [0.25, 0.3) is 0 Å². The zero-order valence-corrected chi connectivity index (χ0v) is 4.13. The van der Waals surface area contributed by atoms with E-state index >= 15 is 0 Å². The molecule has 0 unspecified atom stereocenters. The van der Waals surface area contributed by atoms with Crippen molar-refractivity contribution < 1.29 is 9.50 Å². The Morgan fingerprint density at radius 2 is 2.00 bits per heavy atom. The molecule has 9 heavy (non-hydrogen) atoms. The molecule has 0 heterocycles. The van der Waals surface area contributed by atoms with Crippen molar-refractivity contribution in [2.24, 2.45) is 0 Å². The fraction of sp³-hybridized carbons (Fsp3) is 0. The first-order valence-electron chi connectivity index (χ1n) is 2.23. The third kappa shape index (κ3) is 2.84. The molecule has 0 radical (unpaired) electrons. The van der Waals surface area contributed by atoms with Crippen LogP contribution in [0.25, 0.3) is 0 Å². The van der Waals surface area contributed by atoms with Crippen molar-refractivity contribution in [3.63, 3.8) is 0 Å². The molecule has 0 saturated heterocycles. The van der Waals surface area contributed by atoms with Gasteiger partial charge in [0.2, 0.25) is 0 Å². The van der Waals surface area contributed by atoms with Gasteiger partial charge in [0, 0.05) is 6.07 Å². The molecule has 0 aromatic heterocycles. The van der Waals surface area contributed by atoms with Crippen molar-refractivity contribution in [2.45, 2.75) is 0 Å². The molecule has 0 aliphatic rings. The van der Waals surface area contributed by atoms with E-state index in [2.05, 4.69) is 0 Å². The van der Waals surface area contributed by atoms with Gasteiger partial charge in [-0.05, 0) is 12.1 Å². The summed E-state index contributed by atoms with van der Waals surface area (Å²) in [5.41, 5.74) is 0. The fourth-order valence-corrected chi connectivity index (χ4v) is 0.476. The fourth-order valence-electron chi connectivity index (χ4n) is 0.476. The van der Waals surface area contributed by atoms with Gasteiger partial charge >= 0.3 is 29.6 Å². The second-order valence-electron chi connectivity index (χ2n) is 1.48. The van der Waals surface area contributed by atoms with Gasteiger partial charge in [0.05, 0.1) is 0 Å². The van der Waals surface area contributed by atoms with Crippen LogP contribution in [0.15, 0.2) is 24.3 Å². The monoisotopic (exact) mass is 136 g/mol. The standard InChI is InChI=1S/C6H5FO.Na.H/c7-5-2-1-3-6(8)4-5;;/h1-4,8H;;. The van der Waals surface area contributed by atoms with Crippen molar-refractivity contribution in [1.29, 1.82) is 0 Å². The summed E-state index contributed by atoms with van der Waals surface area (Å²) in [5, 5.41) is 8.57. The molecule has 0 atom stereocenters. The van der Waals surface area contributed by atoms with Gasteiger partial charge in [-0.15, -0.1) is 0 Å². The van der Waals surface area contributed by atoms with Gasteiger partial charge in [-0.25, -0.2) is 4.39 Å². The Morgan fingerprint density at radius 1 is 1.33 bits per heavy atom. The molecule has 44 valence electrons. The summed E-state index contributed by atoms with van der Waals surface area (Å²) in [6.45, 7) is 0. The number of aromatic hydroxyl groups is 1. The van der Waals surface area contributed by atoms with E-state index in [9.17, 15) is 4.39 Å². The van der Waals surface area contributed by atoms with Gasteiger partial charge in [0.15, 0.2) is 0 Å². The minimum atomic E-state index is -0.412. The average molecular weight is 136 g/mol. The Morgan fingerprint density at radius 3 is 2.33 bits per heavy atom. The maximum absolute atomic E-state index is 12.0. The number of hydrogen-bond acceptors (Lipinski definition) is 1. The SMILES string of the molecule is Oc1cccc(F)c1.[NaH]. The number of hydrogen-bond donors (Lipinski definition) is 1. The van der Waals surface area contributed by atoms with Crippen molar-refractivity contribution >= 4 is 29.6 Å². The van der Waals surface area contributed by atoms with Crippen molar-refractivity contribution in [1.82, 2.24) is 0 Å². The van der Waals surface area contributed by atoms with Gasteiger partial charge < -0.3 is 5.11 Å². The first kappa shape index (κ1) is 8.95. The van der Waals surface area contributed by atoms with Gasteiger partial charge in [-0.2, -0.15) is 0 Å². The summed E-state index contributed by atoms with van der Waals surface area (Å²) in [7, 11) is 0. The summed E-state index contributed by atoms with van der Waals surface area (Å²) in [6, 6.07) is 5.20. The molecular weight excluding hydrogens is 130 g/mol. The number of phenolic OH excluding ortho intramolecular Hbond substituents is 1. The van der Waals surface area contributed by atoms with Crippen LogP contribution in [0.1, 0.15) is 0 Å². The number of halogens is 1. The van der Waals surface area contributed by atoms with E-state index in [4.69, 9.17) is 5.11 Å². The third-order valence-electron chi connectivity index (χ3n) is 0.808. The molecule has 0 aliphatic heterocycles. The molecule has 1 N–H and O–H groups in total. The Hall–Kier alpha value is -0.0500. The van der Waals surface area contributed by atoms with Crippen LogP contribution >= 0.6 is 0 Å². The summed E-state index contributed by atoms with van der Waals surface area (Å²) < 4.78 is 12.0. The van der Waals surface area contributed by atoms with Crippen LogP contribution in [0, 0.1) is 5.82 Å². The molecule has 1 nitrogen and oxygen atoms in total. The van der Waals surface area contributed by atoms with E-state index < -0.39 is 5.82 Å². The van der Waals surface area contributed by atoms with E-state index in [0.29, 0.717) is 0 Å². The number of phenols is 1. The summed E-state index contributed by atoms with van der Waals surface area (Å²) in [5.74, 6) is -0.449. The first-order chi connectivity index (χ1) is 3.79. The van der Waals surface area contributed by atoms with Crippen molar-refractivity contribution in [2.75, 3.05) is 0 Å². The van der Waals surface area contributed by atoms with E-state index in [1.54, 1.807) is 0 Å². The molecule has 0 spiro atoms. The number of rotatable bonds is 0. The Bertz CT molecular complexity index is 173. The van der Waals surface area contributed by atoms with E-state index in [1.165, 1.54) is 18.2 Å². The summed E-state index contributed by atoms with van der Waals surface area (Å²) in [6.07, 6.45) is 0. The van der Waals surface area contributed by atoms with Crippen LogP contribution in [0.2, 0.25) is 0 Å². The Kier molecular flexibility index (Phi) is 3.86. The molecule has 0 aliphatic carbocycles. The molecule has 1 aromatic rings. The molecular formula is C6H6FNaO. The van der Waals surface area contributed by atoms with Crippen molar-refractivity contribution in [3.05, 3.63) is 30.1 Å². The second kappa shape index (κ2) is 3.88. The van der Waals surface area contributed by atoms with Crippen molar-refractivity contribution in [3.8, 4) is 5.75 Å². The predicted octanol–water partition coefficient (Wildman–Crippen LogP) is 0.883.